The van der Waals surface area contributed by atoms with Crippen LogP contribution in [0.5, 0.6) is 0 Å². The minimum Gasteiger partial charge on any atom is -0.374 e. The minimum atomic E-state index is -0.266. The summed E-state index contributed by atoms with van der Waals surface area (Å²) < 4.78 is 24.9. The first-order chi connectivity index (χ1) is 15.8. The van der Waals surface area contributed by atoms with Crippen molar-refractivity contribution in [3.8, 4) is 0 Å². The lowest BCUT2D eigenvalue weighted by Crippen LogP contribution is -2.38. The molecule has 4 atom stereocenters. The van der Waals surface area contributed by atoms with E-state index in [1.54, 1.807) is 6.08 Å². The maximum atomic E-state index is 6.36. The second-order valence-electron chi connectivity index (χ2n) is 7.90. The Hall–Kier alpha value is -2.76. The van der Waals surface area contributed by atoms with Gasteiger partial charge < -0.3 is 18.9 Å². The molecular formula is C28H30O4. The van der Waals surface area contributed by atoms with Crippen LogP contribution in [-0.4, -0.2) is 31.0 Å². The third kappa shape index (κ3) is 6.15. The zero-order chi connectivity index (χ0) is 22.0. The van der Waals surface area contributed by atoms with Gasteiger partial charge in [-0.2, -0.15) is 0 Å². The van der Waals surface area contributed by atoms with Gasteiger partial charge >= 0.3 is 0 Å². The summed E-state index contributed by atoms with van der Waals surface area (Å²) in [6.07, 6.45) is 0.765. The fourth-order valence-corrected chi connectivity index (χ4v) is 3.87. The Kier molecular flexibility index (Phi) is 8.23. The van der Waals surface area contributed by atoms with Crippen molar-refractivity contribution in [1.29, 1.82) is 0 Å². The number of ether oxygens (including phenoxy) is 4. The summed E-state index contributed by atoms with van der Waals surface area (Å²) in [6, 6.07) is 30.4. The van der Waals surface area contributed by atoms with Gasteiger partial charge in [-0.15, -0.1) is 6.58 Å². The fourth-order valence-electron chi connectivity index (χ4n) is 3.87. The molecule has 4 heteroatoms. The fraction of sp³-hybridized carbons (Fsp3) is 0.286. The van der Waals surface area contributed by atoms with Crippen molar-refractivity contribution in [2.45, 2.75) is 44.2 Å². The van der Waals surface area contributed by atoms with E-state index in [0.29, 0.717) is 26.4 Å². The molecule has 0 saturated carbocycles. The molecule has 0 bridgehead atoms. The Balaban J connectivity index is 1.43. The van der Waals surface area contributed by atoms with Gasteiger partial charge in [-0.05, 0) is 16.7 Å². The number of hydrogen-bond donors (Lipinski definition) is 0. The predicted molar refractivity (Wildman–Crippen MR) is 125 cm³/mol. The average molecular weight is 431 g/mol. The van der Waals surface area contributed by atoms with E-state index >= 15 is 0 Å². The molecule has 1 fully saturated rings. The van der Waals surface area contributed by atoms with Crippen LogP contribution in [-0.2, 0) is 38.8 Å². The Morgan fingerprint density at radius 1 is 0.656 bits per heavy atom. The second-order valence-corrected chi connectivity index (χ2v) is 7.90. The van der Waals surface area contributed by atoms with Crippen molar-refractivity contribution in [3.05, 3.63) is 120 Å². The monoisotopic (exact) mass is 430 g/mol. The molecule has 0 amide bonds. The Morgan fingerprint density at radius 2 is 1.12 bits per heavy atom. The lowest BCUT2D eigenvalue weighted by Gasteiger charge is -2.24. The summed E-state index contributed by atoms with van der Waals surface area (Å²) in [5.74, 6) is 0. The van der Waals surface area contributed by atoms with E-state index in [0.717, 1.165) is 16.7 Å². The van der Waals surface area contributed by atoms with E-state index in [-0.39, 0.29) is 24.4 Å². The Labute approximate surface area is 190 Å². The Bertz CT molecular complexity index is 929. The third-order valence-electron chi connectivity index (χ3n) is 5.54. The molecule has 1 aliphatic rings. The quantitative estimate of drug-likeness (QED) is 0.386. The molecule has 166 valence electrons. The zero-order valence-electron chi connectivity index (χ0n) is 18.2. The van der Waals surface area contributed by atoms with E-state index in [4.69, 9.17) is 18.9 Å². The average Bonchev–Trinajstić information content (AvgIpc) is 3.19. The minimum absolute atomic E-state index is 0.244. The number of benzene rings is 3. The van der Waals surface area contributed by atoms with Gasteiger partial charge in [0.1, 0.15) is 24.4 Å². The van der Waals surface area contributed by atoms with Crippen molar-refractivity contribution in [1.82, 2.24) is 0 Å². The van der Waals surface area contributed by atoms with Crippen LogP contribution in [0.2, 0.25) is 0 Å². The van der Waals surface area contributed by atoms with Gasteiger partial charge in [-0.3, -0.25) is 0 Å². The highest BCUT2D eigenvalue weighted by molar-refractivity contribution is 5.15. The molecule has 4 rings (SSSR count). The largest absolute Gasteiger partial charge is 0.374 e. The van der Waals surface area contributed by atoms with E-state index in [1.807, 2.05) is 54.6 Å². The summed E-state index contributed by atoms with van der Waals surface area (Å²) in [5, 5.41) is 0. The SMILES string of the molecule is C=C[C@@H]1O[C@@H](COCc2ccccc2)[C@@H](OCc2ccccc2)[C@@H]1OCc1ccccc1. The van der Waals surface area contributed by atoms with Crippen LogP contribution in [0.1, 0.15) is 16.7 Å². The molecule has 0 spiro atoms. The second kappa shape index (κ2) is 11.7. The van der Waals surface area contributed by atoms with Gasteiger partial charge in [-0.25, -0.2) is 0 Å². The van der Waals surface area contributed by atoms with Gasteiger partial charge in [0.15, 0.2) is 0 Å². The van der Waals surface area contributed by atoms with E-state index in [1.165, 1.54) is 0 Å². The maximum Gasteiger partial charge on any atom is 0.116 e. The molecule has 1 heterocycles. The molecule has 1 aliphatic heterocycles. The highest BCUT2D eigenvalue weighted by Gasteiger charge is 2.45. The molecule has 3 aromatic carbocycles. The summed E-state index contributed by atoms with van der Waals surface area (Å²) in [4.78, 5) is 0. The summed E-state index contributed by atoms with van der Waals surface area (Å²) in [5.41, 5.74) is 3.35. The van der Waals surface area contributed by atoms with Gasteiger partial charge in [-0.1, -0.05) is 97.1 Å². The van der Waals surface area contributed by atoms with Crippen LogP contribution in [0.15, 0.2) is 104 Å². The van der Waals surface area contributed by atoms with Crippen LogP contribution in [0, 0.1) is 0 Å². The smallest absolute Gasteiger partial charge is 0.116 e. The molecule has 0 aliphatic carbocycles. The first-order valence-electron chi connectivity index (χ1n) is 11.0. The van der Waals surface area contributed by atoms with Crippen molar-refractivity contribution < 1.29 is 18.9 Å². The lowest BCUT2D eigenvalue weighted by atomic mass is 10.1. The van der Waals surface area contributed by atoms with Crippen molar-refractivity contribution in [2.75, 3.05) is 6.61 Å². The maximum absolute atomic E-state index is 6.36. The third-order valence-corrected chi connectivity index (χ3v) is 5.54. The first kappa shape index (κ1) is 22.4. The molecule has 1 saturated heterocycles. The molecular weight excluding hydrogens is 400 g/mol. The summed E-state index contributed by atoms with van der Waals surface area (Å²) in [6.45, 7) is 5.88. The molecule has 32 heavy (non-hydrogen) atoms. The Morgan fingerprint density at radius 3 is 1.62 bits per heavy atom. The molecule has 0 radical (unpaired) electrons. The molecule has 0 aromatic heterocycles. The van der Waals surface area contributed by atoms with Crippen molar-refractivity contribution in [3.63, 3.8) is 0 Å². The van der Waals surface area contributed by atoms with Gasteiger partial charge in [0.25, 0.3) is 0 Å². The van der Waals surface area contributed by atoms with Gasteiger partial charge in [0, 0.05) is 0 Å². The zero-order valence-corrected chi connectivity index (χ0v) is 18.2. The molecule has 0 unspecified atom stereocenters. The van der Waals surface area contributed by atoms with Crippen molar-refractivity contribution >= 4 is 0 Å². The van der Waals surface area contributed by atoms with E-state index < -0.39 is 0 Å². The molecule has 4 nitrogen and oxygen atoms in total. The topological polar surface area (TPSA) is 36.9 Å². The normalized spacial score (nSPS) is 22.6. The van der Waals surface area contributed by atoms with Crippen LogP contribution in [0.25, 0.3) is 0 Å². The number of hydrogen-bond acceptors (Lipinski definition) is 4. The molecule has 3 aromatic rings. The number of rotatable bonds is 11. The highest BCUT2D eigenvalue weighted by Crippen LogP contribution is 2.29. The van der Waals surface area contributed by atoms with E-state index in [9.17, 15) is 0 Å². The summed E-state index contributed by atoms with van der Waals surface area (Å²) >= 11 is 0. The van der Waals surface area contributed by atoms with Crippen LogP contribution in [0.3, 0.4) is 0 Å². The first-order valence-corrected chi connectivity index (χ1v) is 11.0. The lowest BCUT2D eigenvalue weighted by molar-refractivity contribution is -0.0896. The predicted octanol–water partition coefficient (Wildman–Crippen LogP) is 5.33. The van der Waals surface area contributed by atoms with Crippen molar-refractivity contribution in [2.24, 2.45) is 0 Å². The van der Waals surface area contributed by atoms with Crippen LogP contribution in [0.4, 0.5) is 0 Å². The summed E-state index contributed by atoms with van der Waals surface area (Å²) in [7, 11) is 0. The van der Waals surface area contributed by atoms with Gasteiger partial charge in [0.2, 0.25) is 0 Å². The molecule has 0 N–H and O–H groups in total. The van der Waals surface area contributed by atoms with Crippen LogP contribution >= 0.6 is 0 Å². The highest BCUT2D eigenvalue weighted by atomic mass is 16.6. The van der Waals surface area contributed by atoms with Crippen LogP contribution < -0.4 is 0 Å². The van der Waals surface area contributed by atoms with Gasteiger partial charge in [0.05, 0.1) is 26.4 Å². The van der Waals surface area contributed by atoms with E-state index in [2.05, 4.69) is 43.0 Å². The standard InChI is InChI=1S/C28H30O4/c1-2-25-27(30-19-23-14-8-4-9-15-23)28(31-20-24-16-10-5-11-17-24)26(32-25)21-29-18-22-12-6-3-7-13-22/h2-17,25-28H,1,18-21H2/t25-,26-,27+,28+/m0/s1.